The van der Waals surface area contributed by atoms with Gasteiger partial charge in [-0.05, 0) is 12.1 Å². The van der Waals surface area contributed by atoms with E-state index < -0.39 is 6.04 Å². The van der Waals surface area contributed by atoms with Crippen molar-refractivity contribution in [3.8, 4) is 0 Å². The number of nitrogens with zero attached hydrogens (tertiary/aromatic N) is 1. The van der Waals surface area contributed by atoms with Gasteiger partial charge < -0.3 is 10.1 Å². The largest absolute Gasteiger partial charge is 0.468 e. The lowest BCUT2D eigenvalue weighted by Crippen LogP contribution is -2.47. The molecule has 0 bridgehead atoms. The zero-order chi connectivity index (χ0) is 13.8. The van der Waals surface area contributed by atoms with Crippen LogP contribution in [0.4, 0.5) is 0 Å². The first-order chi connectivity index (χ1) is 9.15. The summed E-state index contributed by atoms with van der Waals surface area (Å²) in [6, 6.07) is 4.69. The van der Waals surface area contributed by atoms with Crippen LogP contribution < -0.4 is 5.32 Å². The molecule has 1 atom stereocenters. The molecule has 1 aromatic rings. The molecule has 1 aromatic carbocycles. The molecule has 0 saturated carbocycles. The number of hydrogen-bond donors (Lipinski definition) is 1. The van der Waals surface area contributed by atoms with E-state index in [4.69, 9.17) is 27.9 Å². The molecule has 19 heavy (non-hydrogen) atoms. The number of nitrogens with one attached hydrogen (secondary N) is 1. The molecule has 104 valence electrons. The van der Waals surface area contributed by atoms with Crippen LogP contribution in [0.2, 0.25) is 10.0 Å². The topological polar surface area (TPSA) is 41.6 Å². The van der Waals surface area contributed by atoms with Crippen LogP contribution in [0.1, 0.15) is 11.6 Å². The van der Waals surface area contributed by atoms with Gasteiger partial charge in [-0.25, -0.2) is 4.79 Å². The summed E-state index contributed by atoms with van der Waals surface area (Å²) in [5.74, 6) is -0.336. The Hall–Kier alpha value is -0.810. The molecule has 1 heterocycles. The van der Waals surface area contributed by atoms with Crippen molar-refractivity contribution in [2.45, 2.75) is 6.04 Å². The predicted octanol–water partition coefficient (Wildman–Crippen LogP) is 2.11. The average molecular weight is 303 g/mol. The SMILES string of the molecule is COC(=O)C(c1c(Cl)cccc1Cl)N1CCNCC1. The van der Waals surface area contributed by atoms with Crippen molar-refractivity contribution in [3.05, 3.63) is 33.8 Å². The minimum atomic E-state index is -0.548. The first kappa shape index (κ1) is 14.6. The van der Waals surface area contributed by atoms with Crippen LogP contribution in [-0.2, 0) is 9.53 Å². The summed E-state index contributed by atoms with van der Waals surface area (Å²) >= 11 is 12.4. The normalized spacial score (nSPS) is 18.1. The number of methoxy groups -OCH3 is 1. The maximum Gasteiger partial charge on any atom is 0.327 e. The lowest BCUT2D eigenvalue weighted by atomic mass is 10.0. The van der Waals surface area contributed by atoms with Crippen LogP contribution in [0.3, 0.4) is 0 Å². The molecule has 0 radical (unpaired) electrons. The number of piperazine rings is 1. The van der Waals surface area contributed by atoms with Crippen molar-refractivity contribution in [1.82, 2.24) is 10.2 Å². The van der Waals surface area contributed by atoms with E-state index in [9.17, 15) is 4.79 Å². The predicted molar refractivity (Wildman–Crippen MR) is 75.7 cm³/mol. The highest BCUT2D eigenvalue weighted by atomic mass is 35.5. The van der Waals surface area contributed by atoms with Crippen molar-refractivity contribution in [1.29, 1.82) is 0 Å². The van der Waals surface area contributed by atoms with Crippen molar-refractivity contribution in [3.63, 3.8) is 0 Å². The van der Waals surface area contributed by atoms with E-state index >= 15 is 0 Å². The average Bonchev–Trinajstić information content (AvgIpc) is 2.43. The van der Waals surface area contributed by atoms with Gasteiger partial charge in [0.1, 0.15) is 6.04 Å². The van der Waals surface area contributed by atoms with Gasteiger partial charge in [0.2, 0.25) is 0 Å². The summed E-state index contributed by atoms with van der Waals surface area (Å²) in [5, 5.41) is 4.22. The molecule has 1 unspecified atom stereocenters. The first-order valence-electron chi connectivity index (χ1n) is 6.11. The van der Waals surface area contributed by atoms with Crippen LogP contribution in [0.25, 0.3) is 0 Å². The third-order valence-corrected chi connectivity index (χ3v) is 3.87. The monoisotopic (exact) mass is 302 g/mol. The molecule has 0 spiro atoms. The number of rotatable bonds is 3. The Morgan fingerprint density at radius 1 is 1.32 bits per heavy atom. The second-order valence-electron chi connectivity index (χ2n) is 4.35. The highest BCUT2D eigenvalue weighted by Crippen LogP contribution is 2.34. The van der Waals surface area contributed by atoms with Gasteiger partial charge in [0.25, 0.3) is 0 Å². The van der Waals surface area contributed by atoms with Crippen LogP contribution in [0.5, 0.6) is 0 Å². The number of carbonyl (C=O) groups is 1. The van der Waals surface area contributed by atoms with Gasteiger partial charge in [0.15, 0.2) is 0 Å². The second-order valence-corrected chi connectivity index (χ2v) is 5.16. The van der Waals surface area contributed by atoms with E-state index in [0.717, 1.165) is 26.2 Å². The van der Waals surface area contributed by atoms with E-state index in [1.165, 1.54) is 7.11 Å². The summed E-state index contributed by atoms with van der Waals surface area (Å²) in [7, 11) is 1.38. The van der Waals surface area contributed by atoms with Crippen LogP contribution >= 0.6 is 23.2 Å². The van der Waals surface area contributed by atoms with Gasteiger partial charge in [0, 0.05) is 41.8 Å². The van der Waals surface area contributed by atoms with Gasteiger partial charge in [-0.3, -0.25) is 4.90 Å². The smallest absolute Gasteiger partial charge is 0.327 e. The molecule has 1 N–H and O–H groups in total. The lowest BCUT2D eigenvalue weighted by molar-refractivity contribution is -0.147. The zero-order valence-corrected chi connectivity index (χ0v) is 12.2. The van der Waals surface area contributed by atoms with E-state index in [0.29, 0.717) is 15.6 Å². The van der Waals surface area contributed by atoms with Gasteiger partial charge in [0.05, 0.1) is 7.11 Å². The molecule has 4 nitrogen and oxygen atoms in total. The van der Waals surface area contributed by atoms with Crippen molar-refractivity contribution < 1.29 is 9.53 Å². The second kappa shape index (κ2) is 6.57. The van der Waals surface area contributed by atoms with Gasteiger partial charge in [-0.1, -0.05) is 29.3 Å². The Morgan fingerprint density at radius 2 is 1.89 bits per heavy atom. The molecule has 0 aliphatic carbocycles. The molecule has 1 aliphatic rings. The number of hydrogen-bond acceptors (Lipinski definition) is 4. The number of ether oxygens (including phenoxy) is 1. The van der Waals surface area contributed by atoms with Crippen LogP contribution in [0, 0.1) is 0 Å². The Morgan fingerprint density at radius 3 is 2.42 bits per heavy atom. The van der Waals surface area contributed by atoms with Crippen LogP contribution in [0.15, 0.2) is 18.2 Å². The van der Waals surface area contributed by atoms with Crippen molar-refractivity contribution >= 4 is 29.2 Å². The Balaban J connectivity index is 2.39. The third-order valence-electron chi connectivity index (χ3n) is 3.21. The van der Waals surface area contributed by atoms with Crippen LogP contribution in [-0.4, -0.2) is 44.2 Å². The fraction of sp³-hybridized carbons (Fsp3) is 0.462. The summed E-state index contributed by atoms with van der Waals surface area (Å²) in [6.45, 7) is 3.16. The fourth-order valence-corrected chi connectivity index (χ4v) is 2.88. The Labute approximate surface area is 122 Å². The van der Waals surface area contributed by atoms with Gasteiger partial charge in [-0.15, -0.1) is 0 Å². The Kier molecular flexibility index (Phi) is 5.05. The van der Waals surface area contributed by atoms with Crippen molar-refractivity contribution in [2.75, 3.05) is 33.3 Å². The number of esters is 1. The highest BCUT2D eigenvalue weighted by Gasteiger charge is 2.32. The summed E-state index contributed by atoms with van der Waals surface area (Å²) in [4.78, 5) is 14.2. The molecule has 1 aliphatic heterocycles. The van der Waals surface area contributed by atoms with E-state index in [-0.39, 0.29) is 5.97 Å². The number of halogens is 2. The molecule has 0 amide bonds. The maximum atomic E-state index is 12.1. The zero-order valence-electron chi connectivity index (χ0n) is 10.7. The molecule has 2 rings (SSSR count). The quantitative estimate of drug-likeness (QED) is 0.869. The molecule has 6 heteroatoms. The van der Waals surface area contributed by atoms with E-state index in [2.05, 4.69) is 5.32 Å². The molecule has 1 saturated heterocycles. The lowest BCUT2D eigenvalue weighted by Gasteiger charge is -2.34. The molecular weight excluding hydrogens is 287 g/mol. The maximum absolute atomic E-state index is 12.1. The minimum absolute atomic E-state index is 0.336. The Bertz CT molecular complexity index is 442. The van der Waals surface area contributed by atoms with Crippen molar-refractivity contribution in [2.24, 2.45) is 0 Å². The molecule has 0 aromatic heterocycles. The van der Waals surface area contributed by atoms with Gasteiger partial charge >= 0.3 is 5.97 Å². The summed E-state index contributed by atoms with van der Waals surface area (Å²) < 4.78 is 4.91. The molecule has 1 fully saturated rings. The number of carbonyl (C=O) groups excluding carboxylic acids is 1. The summed E-state index contributed by atoms with van der Waals surface area (Å²) in [5.41, 5.74) is 0.625. The molecular formula is C13H16Cl2N2O2. The van der Waals surface area contributed by atoms with Gasteiger partial charge in [-0.2, -0.15) is 0 Å². The first-order valence-corrected chi connectivity index (χ1v) is 6.87. The number of benzene rings is 1. The van der Waals surface area contributed by atoms with E-state index in [1.807, 2.05) is 4.90 Å². The highest BCUT2D eigenvalue weighted by molar-refractivity contribution is 6.36. The standard InChI is InChI=1S/C13H16Cl2N2O2/c1-19-13(18)12(17-7-5-16-6-8-17)11-9(14)3-2-4-10(11)15/h2-4,12,16H,5-8H2,1H3. The third kappa shape index (κ3) is 3.20. The summed E-state index contributed by atoms with van der Waals surface area (Å²) in [6.07, 6.45) is 0. The minimum Gasteiger partial charge on any atom is -0.468 e. The van der Waals surface area contributed by atoms with E-state index in [1.54, 1.807) is 18.2 Å². The fourth-order valence-electron chi connectivity index (χ4n) is 2.27.